The number of nitrogens with one attached hydrogen (secondary N) is 1. The van der Waals surface area contributed by atoms with Gasteiger partial charge in [0.25, 0.3) is 0 Å². The first-order valence-electron chi connectivity index (χ1n) is 2.12. The van der Waals surface area contributed by atoms with Crippen LogP contribution in [0.25, 0.3) is 0 Å². The van der Waals surface area contributed by atoms with E-state index >= 15 is 0 Å². The molecule has 0 bridgehead atoms. The smallest absolute Gasteiger partial charge is 0.227 e. The number of hydrogen-bond acceptors (Lipinski definition) is 2. The molecule has 0 aromatic heterocycles. The third-order valence-corrected chi connectivity index (χ3v) is 0.858. The second-order valence-electron chi connectivity index (χ2n) is 1.47. The molecule has 1 saturated heterocycles. The molecule has 1 N–H and O–H groups in total. The summed E-state index contributed by atoms with van der Waals surface area (Å²) in [5, 5.41) is 2.14. The van der Waals surface area contributed by atoms with Gasteiger partial charge in [0.2, 0.25) is 11.8 Å². The minimum Gasteiger partial charge on any atom is -0.296 e. The molecule has 1 aliphatic rings. The minimum absolute atomic E-state index is 0. The van der Waals surface area contributed by atoms with Crippen LogP contribution in [0.1, 0.15) is 12.8 Å². The van der Waals surface area contributed by atoms with Crippen molar-refractivity contribution in [3.05, 3.63) is 0 Å². The van der Waals surface area contributed by atoms with Gasteiger partial charge in [-0.1, -0.05) is 0 Å². The van der Waals surface area contributed by atoms with E-state index in [1.165, 1.54) is 0 Å². The van der Waals surface area contributed by atoms with E-state index < -0.39 is 0 Å². The third kappa shape index (κ3) is 1.89. The van der Waals surface area contributed by atoms with Crippen LogP contribution in [0, 0.1) is 0 Å². The Bertz CT molecular complexity index is 109. The molecule has 1 rings (SSSR count). The van der Waals surface area contributed by atoms with Gasteiger partial charge in [0.05, 0.1) is 0 Å². The predicted octanol–water partition coefficient (Wildman–Crippen LogP) is -0.958. The molecule has 0 aliphatic carbocycles. The molecule has 2 amide bonds. The first-order valence-corrected chi connectivity index (χ1v) is 2.12. The second-order valence-corrected chi connectivity index (χ2v) is 1.47. The zero-order valence-corrected chi connectivity index (χ0v) is 8.12. The van der Waals surface area contributed by atoms with Gasteiger partial charge in [-0.25, -0.2) is 0 Å². The second kappa shape index (κ2) is 3.16. The van der Waals surface area contributed by atoms with Gasteiger partial charge < -0.3 is 0 Å². The Kier molecular flexibility index (Phi) is 3.18. The van der Waals surface area contributed by atoms with E-state index in [1.54, 1.807) is 0 Å². The fraction of sp³-hybridized carbons (Fsp3) is 0.500. The van der Waals surface area contributed by atoms with Crippen molar-refractivity contribution in [1.29, 1.82) is 0 Å². The van der Waals surface area contributed by atoms with Crippen LogP contribution < -0.4 is 5.32 Å². The SMILES string of the molecule is O=C1CCC(=O)N1.[Pb]. The maximum atomic E-state index is 10.1. The molecular formula is C4H5NO2Pb. The fourth-order valence-corrected chi connectivity index (χ4v) is 0.508. The summed E-state index contributed by atoms with van der Waals surface area (Å²) in [6.07, 6.45) is 0.748. The van der Waals surface area contributed by atoms with Crippen LogP contribution in [0.3, 0.4) is 0 Å². The number of rotatable bonds is 0. The molecule has 1 fully saturated rings. The summed E-state index contributed by atoms with van der Waals surface area (Å²) in [6.45, 7) is 0. The maximum Gasteiger partial charge on any atom is 0.227 e. The molecule has 0 spiro atoms. The topological polar surface area (TPSA) is 46.2 Å². The molecule has 42 valence electrons. The Balaban J connectivity index is 0.000000490. The average Bonchev–Trinajstić information content (AvgIpc) is 1.87. The molecule has 4 radical (unpaired) electrons. The first-order chi connectivity index (χ1) is 3.29. The molecule has 1 aliphatic heterocycles. The summed E-state index contributed by atoms with van der Waals surface area (Å²) >= 11 is 0. The van der Waals surface area contributed by atoms with Gasteiger partial charge in [0, 0.05) is 40.1 Å². The van der Waals surface area contributed by atoms with Gasteiger partial charge >= 0.3 is 0 Å². The molecule has 8 heavy (non-hydrogen) atoms. The van der Waals surface area contributed by atoms with Crippen LogP contribution in [0.4, 0.5) is 0 Å². The summed E-state index contributed by atoms with van der Waals surface area (Å²) < 4.78 is 0. The number of imide groups is 1. The fourth-order valence-electron chi connectivity index (χ4n) is 0.508. The summed E-state index contributed by atoms with van der Waals surface area (Å²) in [6, 6.07) is 0. The van der Waals surface area contributed by atoms with E-state index in [0.29, 0.717) is 12.8 Å². The molecular weight excluding hydrogens is 301 g/mol. The molecule has 4 heteroatoms. The Morgan fingerprint density at radius 1 is 1.12 bits per heavy atom. The predicted molar refractivity (Wildman–Crippen MR) is 28.1 cm³/mol. The van der Waals surface area contributed by atoms with Crippen LogP contribution in [0.15, 0.2) is 0 Å². The van der Waals surface area contributed by atoms with Crippen molar-refractivity contribution >= 4 is 39.1 Å². The van der Waals surface area contributed by atoms with Gasteiger partial charge in [-0.05, 0) is 0 Å². The number of amides is 2. The minimum atomic E-state index is -0.148. The third-order valence-electron chi connectivity index (χ3n) is 0.858. The van der Waals surface area contributed by atoms with Crippen molar-refractivity contribution in [2.75, 3.05) is 0 Å². The molecule has 0 atom stereocenters. The van der Waals surface area contributed by atoms with Crippen molar-refractivity contribution in [3.63, 3.8) is 0 Å². The van der Waals surface area contributed by atoms with Gasteiger partial charge in [0.1, 0.15) is 0 Å². The van der Waals surface area contributed by atoms with Gasteiger partial charge in [-0.2, -0.15) is 0 Å². The summed E-state index contributed by atoms with van der Waals surface area (Å²) in [5.74, 6) is -0.296. The number of hydrogen-bond donors (Lipinski definition) is 1. The van der Waals surface area contributed by atoms with Gasteiger partial charge in [0.15, 0.2) is 0 Å². The standard InChI is InChI=1S/C4H5NO2.Pb/c6-3-1-2-4(7)5-3;/h1-2H2,(H,5,6,7);. The molecule has 0 unspecified atom stereocenters. The Morgan fingerprint density at radius 2 is 1.50 bits per heavy atom. The zero-order chi connectivity index (χ0) is 5.28. The quantitative estimate of drug-likeness (QED) is 0.463. The van der Waals surface area contributed by atoms with Crippen LogP contribution in [-0.2, 0) is 9.59 Å². The Labute approximate surface area is 67.0 Å². The van der Waals surface area contributed by atoms with Gasteiger partial charge in [-0.3, -0.25) is 14.9 Å². The Hall–Kier alpha value is 0.0621. The summed E-state index contributed by atoms with van der Waals surface area (Å²) in [4.78, 5) is 20.2. The van der Waals surface area contributed by atoms with Crippen molar-refractivity contribution in [1.82, 2.24) is 5.32 Å². The molecule has 3 nitrogen and oxygen atoms in total. The van der Waals surface area contributed by atoms with Crippen molar-refractivity contribution < 1.29 is 9.59 Å². The first kappa shape index (κ1) is 8.06. The van der Waals surface area contributed by atoms with E-state index in [-0.39, 0.29) is 39.1 Å². The van der Waals surface area contributed by atoms with Crippen LogP contribution in [0.5, 0.6) is 0 Å². The molecule has 0 saturated carbocycles. The number of carbonyl (C=O) groups excluding carboxylic acids is 2. The Morgan fingerprint density at radius 3 is 1.62 bits per heavy atom. The van der Waals surface area contributed by atoms with Crippen LogP contribution >= 0.6 is 0 Å². The summed E-state index contributed by atoms with van der Waals surface area (Å²) in [5.41, 5.74) is 0. The summed E-state index contributed by atoms with van der Waals surface area (Å²) in [7, 11) is 0. The average molecular weight is 306 g/mol. The van der Waals surface area contributed by atoms with E-state index in [2.05, 4.69) is 5.32 Å². The molecule has 1 heterocycles. The van der Waals surface area contributed by atoms with Gasteiger partial charge in [-0.15, -0.1) is 0 Å². The zero-order valence-electron chi connectivity index (χ0n) is 4.23. The van der Waals surface area contributed by atoms with Crippen molar-refractivity contribution in [2.24, 2.45) is 0 Å². The van der Waals surface area contributed by atoms with Crippen LogP contribution in [0.2, 0.25) is 0 Å². The maximum absolute atomic E-state index is 10.1. The molecule has 0 aromatic carbocycles. The van der Waals surface area contributed by atoms with E-state index in [9.17, 15) is 9.59 Å². The van der Waals surface area contributed by atoms with E-state index in [0.717, 1.165) is 0 Å². The van der Waals surface area contributed by atoms with E-state index in [4.69, 9.17) is 0 Å². The number of carbonyl (C=O) groups is 2. The van der Waals surface area contributed by atoms with Crippen molar-refractivity contribution in [3.8, 4) is 0 Å². The monoisotopic (exact) mass is 307 g/mol. The normalized spacial score (nSPS) is 17.5. The van der Waals surface area contributed by atoms with E-state index in [1.807, 2.05) is 0 Å². The van der Waals surface area contributed by atoms with Crippen molar-refractivity contribution in [2.45, 2.75) is 12.8 Å². The van der Waals surface area contributed by atoms with Crippen LogP contribution in [-0.4, -0.2) is 39.1 Å². The largest absolute Gasteiger partial charge is 0.296 e. The molecule has 0 aromatic rings.